The molecular weight excluding hydrogens is 300 g/mol. The first-order valence-electron chi connectivity index (χ1n) is 7.99. The number of aliphatic imine (C=N–C) groups is 1. The lowest BCUT2D eigenvalue weighted by Gasteiger charge is -2.30. The topological polar surface area (TPSA) is 56.1 Å². The van der Waals surface area contributed by atoms with E-state index in [0.717, 1.165) is 11.3 Å². The summed E-state index contributed by atoms with van der Waals surface area (Å²) in [6, 6.07) is 17.9. The fourth-order valence-electron chi connectivity index (χ4n) is 2.68. The molecule has 4 heteroatoms. The van der Waals surface area contributed by atoms with Crippen molar-refractivity contribution in [3.8, 4) is 0 Å². The number of hydrogen-bond donors (Lipinski definition) is 2. The van der Waals surface area contributed by atoms with Crippen molar-refractivity contribution in [2.24, 2.45) is 4.99 Å². The molecule has 0 atom stereocenters. The molecule has 0 fully saturated rings. The molecule has 0 radical (unpaired) electrons. The van der Waals surface area contributed by atoms with Crippen LogP contribution in [-0.2, 0) is 5.41 Å². The van der Waals surface area contributed by atoms with Crippen molar-refractivity contribution in [1.29, 1.82) is 0 Å². The predicted octanol–water partition coefficient (Wildman–Crippen LogP) is 4.54. The first-order chi connectivity index (χ1) is 11.4. The maximum atomic E-state index is 9.98. The Morgan fingerprint density at radius 1 is 0.958 bits per heavy atom. The van der Waals surface area contributed by atoms with Crippen LogP contribution in [0.15, 0.2) is 71.2 Å². The molecule has 0 aliphatic carbocycles. The first-order valence-corrected chi connectivity index (χ1v) is 7.99. The van der Waals surface area contributed by atoms with Crippen LogP contribution in [0.25, 0.3) is 0 Å². The van der Waals surface area contributed by atoms with Crippen molar-refractivity contribution in [1.82, 2.24) is 0 Å². The van der Waals surface area contributed by atoms with Gasteiger partial charge in [0.2, 0.25) is 0 Å². The third-order valence-electron chi connectivity index (χ3n) is 4.09. The summed E-state index contributed by atoms with van der Waals surface area (Å²) in [6.45, 7) is 6.68. The number of hydrogen-bond acceptors (Lipinski definition) is 4. The number of nitrogens with zero attached hydrogens (tertiary/aromatic N) is 2. The molecule has 0 bridgehead atoms. The van der Waals surface area contributed by atoms with Gasteiger partial charge >= 0.3 is 0 Å². The van der Waals surface area contributed by atoms with Crippen molar-refractivity contribution in [2.45, 2.75) is 26.2 Å². The van der Waals surface area contributed by atoms with Crippen LogP contribution >= 0.6 is 0 Å². The second kappa shape index (κ2) is 6.04. The summed E-state index contributed by atoms with van der Waals surface area (Å²) >= 11 is 0. The van der Waals surface area contributed by atoms with Gasteiger partial charge in [0.15, 0.2) is 5.76 Å². The van der Waals surface area contributed by atoms with Crippen molar-refractivity contribution in [2.75, 3.05) is 11.4 Å². The van der Waals surface area contributed by atoms with E-state index in [1.54, 1.807) is 0 Å². The predicted molar refractivity (Wildman–Crippen MR) is 97.8 cm³/mol. The highest BCUT2D eigenvalue weighted by molar-refractivity contribution is 6.11. The number of benzene rings is 2. The highest BCUT2D eigenvalue weighted by Gasteiger charge is 2.25. The zero-order chi connectivity index (χ0) is 17.3. The monoisotopic (exact) mass is 322 g/mol. The minimum Gasteiger partial charge on any atom is -0.505 e. The Morgan fingerprint density at radius 2 is 1.67 bits per heavy atom. The van der Waals surface area contributed by atoms with Crippen LogP contribution in [0.1, 0.15) is 31.9 Å². The molecular formula is C20H22N2O2. The Bertz CT molecular complexity index is 802. The van der Waals surface area contributed by atoms with Crippen molar-refractivity contribution in [3.63, 3.8) is 0 Å². The second-order valence-electron chi connectivity index (χ2n) is 6.96. The fourth-order valence-corrected chi connectivity index (χ4v) is 2.68. The highest BCUT2D eigenvalue weighted by Crippen LogP contribution is 2.29. The molecule has 24 heavy (non-hydrogen) atoms. The van der Waals surface area contributed by atoms with Gasteiger partial charge in [-0.1, -0.05) is 63.2 Å². The molecule has 0 saturated carbocycles. The smallest absolute Gasteiger partial charge is 0.253 e. The van der Waals surface area contributed by atoms with Gasteiger partial charge in [0.05, 0.1) is 6.54 Å². The Morgan fingerprint density at radius 3 is 2.33 bits per heavy atom. The van der Waals surface area contributed by atoms with E-state index in [2.05, 4.69) is 37.9 Å². The molecule has 124 valence electrons. The fraction of sp³-hybridized carbons (Fsp3) is 0.250. The van der Waals surface area contributed by atoms with Crippen LogP contribution in [0, 0.1) is 0 Å². The van der Waals surface area contributed by atoms with E-state index in [4.69, 9.17) is 0 Å². The number of aliphatic hydroxyl groups excluding tert-OH is 2. The summed E-state index contributed by atoms with van der Waals surface area (Å²) in [7, 11) is 0. The van der Waals surface area contributed by atoms with E-state index in [9.17, 15) is 10.2 Å². The van der Waals surface area contributed by atoms with E-state index in [1.165, 1.54) is 5.56 Å². The summed E-state index contributed by atoms with van der Waals surface area (Å²) in [5, 5.41) is 19.9. The van der Waals surface area contributed by atoms with Gasteiger partial charge in [-0.3, -0.25) is 0 Å². The lowest BCUT2D eigenvalue weighted by molar-refractivity contribution is 0.314. The van der Waals surface area contributed by atoms with Crippen LogP contribution in [0.4, 0.5) is 5.69 Å². The average molecular weight is 322 g/mol. The van der Waals surface area contributed by atoms with Crippen LogP contribution < -0.4 is 4.90 Å². The van der Waals surface area contributed by atoms with E-state index >= 15 is 0 Å². The molecule has 4 nitrogen and oxygen atoms in total. The van der Waals surface area contributed by atoms with E-state index < -0.39 is 0 Å². The van der Waals surface area contributed by atoms with Crippen LogP contribution in [0.3, 0.4) is 0 Å². The maximum Gasteiger partial charge on any atom is 0.253 e. The molecule has 3 rings (SSSR count). The van der Waals surface area contributed by atoms with Gasteiger partial charge in [-0.25, -0.2) is 0 Å². The Balaban J connectivity index is 2.08. The van der Waals surface area contributed by atoms with Gasteiger partial charge in [0, 0.05) is 11.3 Å². The van der Waals surface area contributed by atoms with Gasteiger partial charge in [0.25, 0.3) is 5.88 Å². The second-order valence-corrected chi connectivity index (χ2v) is 6.96. The first kappa shape index (κ1) is 16.1. The van der Waals surface area contributed by atoms with E-state index in [0.29, 0.717) is 5.84 Å². The molecule has 2 N–H and O–H groups in total. The quantitative estimate of drug-likeness (QED) is 0.853. The van der Waals surface area contributed by atoms with Gasteiger partial charge < -0.3 is 15.1 Å². The summed E-state index contributed by atoms with van der Waals surface area (Å²) in [6.07, 6.45) is 0. The molecule has 1 heterocycles. The third-order valence-corrected chi connectivity index (χ3v) is 4.09. The lowest BCUT2D eigenvalue weighted by Crippen LogP contribution is -2.37. The zero-order valence-electron chi connectivity index (χ0n) is 14.2. The number of aliphatic hydroxyl groups is 2. The minimum atomic E-state index is -0.322. The molecule has 0 unspecified atom stereocenters. The highest BCUT2D eigenvalue weighted by atomic mass is 16.3. The Hall–Kier alpha value is -2.75. The van der Waals surface area contributed by atoms with Gasteiger partial charge in [-0.15, -0.1) is 0 Å². The number of anilines is 1. The molecule has 1 aliphatic heterocycles. The number of rotatable bonds is 2. The lowest BCUT2D eigenvalue weighted by atomic mass is 9.87. The minimum absolute atomic E-state index is 0.0237. The zero-order valence-corrected chi connectivity index (χ0v) is 14.2. The summed E-state index contributed by atoms with van der Waals surface area (Å²) in [4.78, 5) is 6.13. The van der Waals surface area contributed by atoms with Gasteiger partial charge in [0.1, 0.15) is 5.84 Å². The van der Waals surface area contributed by atoms with Crippen LogP contribution in [0.2, 0.25) is 0 Å². The summed E-state index contributed by atoms with van der Waals surface area (Å²) < 4.78 is 0. The van der Waals surface area contributed by atoms with Crippen LogP contribution in [-0.4, -0.2) is 22.6 Å². The summed E-state index contributed by atoms with van der Waals surface area (Å²) in [5.41, 5.74) is 3.04. The van der Waals surface area contributed by atoms with Crippen molar-refractivity contribution >= 4 is 11.5 Å². The molecule has 0 saturated heterocycles. The van der Waals surface area contributed by atoms with Crippen molar-refractivity contribution in [3.05, 3.63) is 77.4 Å². The van der Waals surface area contributed by atoms with Gasteiger partial charge in [-0.2, -0.15) is 4.99 Å². The third kappa shape index (κ3) is 3.13. The molecule has 2 aromatic carbocycles. The van der Waals surface area contributed by atoms with E-state index in [-0.39, 0.29) is 23.6 Å². The summed E-state index contributed by atoms with van der Waals surface area (Å²) in [5.74, 6) is 0.171. The van der Waals surface area contributed by atoms with Gasteiger partial charge in [-0.05, 0) is 23.1 Å². The molecule has 0 amide bonds. The standard InChI is InChI=1S/C20H22N2O2/c1-20(2,3)15-10-7-11-16(12-15)22-13-17(23)19(24)21-18(22)14-8-5-4-6-9-14/h4-12,23-24H,13H2,1-3H3. The maximum absolute atomic E-state index is 9.98. The van der Waals surface area contributed by atoms with Crippen LogP contribution in [0.5, 0.6) is 0 Å². The SMILES string of the molecule is CC(C)(C)c1cccc(N2CC(O)=C(O)N=C2c2ccccc2)c1. The molecule has 2 aromatic rings. The average Bonchev–Trinajstić information content (AvgIpc) is 2.57. The molecule has 0 aromatic heterocycles. The normalized spacial score (nSPS) is 15.5. The molecule has 1 aliphatic rings. The molecule has 0 spiro atoms. The largest absolute Gasteiger partial charge is 0.505 e. The number of amidine groups is 1. The van der Waals surface area contributed by atoms with E-state index in [1.807, 2.05) is 47.4 Å². The van der Waals surface area contributed by atoms with Crippen molar-refractivity contribution < 1.29 is 10.2 Å². The Kier molecular flexibility index (Phi) is 4.06. The Labute approximate surface area is 142 Å².